The number of rotatable bonds is 11. The Balaban J connectivity index is 1.19. The fourth-order valence-electron chi connectivity index (χ4n) is 6.73. The Hall–Kier alpha value is -2.55. The van der Waals surface area contributed by atoms with Gasteiger partial charge in [-0.05, 0) is 92.0 Å². The smallest absolute Gasteiger partial charge is 0.426 e. The molecule has 0 bridgehead atoms. The normalized spacial score (nSPS) is 23.8. The molecule has 2 saturated carbocycles. The first-order valence-electron chi connectivity index (χ1n) is 14.8. The maximum atomic E-state index is 14.5. The maximum absolute atomic E-state index is 14.5. The SMILES string of the molecule is CCCCCC1CCC(C2CCC(CCc3ccc(OC(F)(F)c4cc(F)c(C#N)c(F)c4)cc3)CC2)CC1. The molecule has 6 heteroatoms. The van der Waals surface area contributed by atoms with E-state index in [1.165, 1.54) is 95.3 Å². The fraction of sp³-hybridized carbons (Fsp3) is 0.606. The van der Waals surface area contributed by atoms with E-state index in [2.05, 4.69) is 6.92 Å². The second kappa shape index (κ2) is 13.7. The van der Waals surface area contributed by atoms with Crippen LogP contribution in [0.4, 0.5) is 17.6 Å². The summed E-state index contributed by atoms with van der Waals surface area (Å²) in [5, 5.41) is 8.73. The summed E-state index contributed by atoms with van der Waals surface area (Å²) < 4.78 is 61.4. The molecule has 0 amide bonds. The summed E-state index contributed by atoms with van der Waals surface area (Å²) in [6.07, 6.45) is 14.5. The third-order valence-corrected chi connectivity index (χ3v) is 9.17. The molecule has 0 aliphatic heterocycles. The second-order valence-corrected chi connectivity index (χ2v) is 11.8. The van der Waals surface area contributed by atoms with Crippen LogP contribution >= 0.6 is 0 Å². The zero-order valence-electron chi connectivity index (χ0n) is 23.0. The van der Waals surface area contributed by atoms with Crippen LogP contribution in [0.5, 0.6) is 5.75 Å². The predicted molar refractivity (Wildman–Crippen MR) is 145 cm³/mol. The van der Waals surface area contributed by atoms with Gasteiger partial charge >= 0.3 is 6.11 Å². The van der Waals surface area contributed by atoms with Crippen molar-refractivity contribution < 1.29 is 22.3 Å². The van der Waals surface area contributed by atoms with Crippen molar-refractivity contribution in [3.05, 3.63) is 64.7 Å². The van der Waals surface area contributed by atoms with Crippen LogP contribution in [0.3, 0.4) is 0 Å². The van der Waals surface area contributed by atoms with Gasteiger partial charge in [0.2, 0.25) is 0 Å². The molecule has 212 valence electrons. The monoisotopic (exact) mass is 543 g/mol. The first kappa shape index (κ1) is 29.4. The molecule has 2 aromatic rings. The van der Waals surface area contributed by atoms with Gasteiger partial charge in [0.15, 0.2) is 0 Å². The number of aryl methyl sites for hydroxylation is 1. The molecular weight excluding hydrogens is 502 g/mol. The lowest BCUT2D eigenvalue weighted by Crippen LogP contribution is -2.26. The van der Waals surface area contributed by atoms with Crippen LogP contribution in [0.1, 0.15) is 107 Å². The van der Waals surface area contributed by atoms with Crippen molar-refractivity contribution in [3.63, 3.8) is 0 Å². The number of hydrogen-bond donors (Lipinski definition) is 0. The lowest BCUT2D eigenvalue weighted by molar-refractivity contribution is -0.185. The largest absolute Gasteiger partial charge is 0.429 e. The van der Waals surface area contributed by atoms with E-state index in [0.29, 0.717) is 18.1 Å². The molecule has 0 heterocycles. The van der Waals surface area contributed by atoms with Gasteiger partial charge in [0.05, 0.1) is 5.56 Å². The number of ether oxygens (including phenoxy) is 1. The number of alkyl halides is 2. The van der Waals surface area contributed by atoms with Crippen LogP contribution in [-0.4, -0.2) is 0 Å². The molecule has 2 fully saturated rings. The van der Waals surface area contributed by atoms with Crippen LogP contribution in [0, 0.1) is 46.6 Å². The first-order valence-corrected chi connectivity index (χ1v) is 14.8. The van der Waals surface area contributed by atoms with E-state index in [1.807, 2.05) is 0 Å². The molecule has 0 saturated heterocycles. The first-order chi connectivity index (χ1) is 18.8. The number of unbranched alkanes of at least 4 members (excludes halogenated alkanes) is 2. The minimum absolute atomic E-state index is 0.0884. The summed E-state index contributed by atoms with van der Waals surface area (Å²) in [4.78, 5) is 0. The van der Waals surface area contributed by atoms with E-state index in [4.69, 9.17) is 10.00 Å². The van der Waals surface area contributed by atoms with Gasteiger partial charge < -0.3 is 4.74 Å². The standard InChI is InChI=1S/C33H41F4NO/c1-2-3-4-5-23-8-14-26(15-9-23)27-16-10-24(11-17-27)6-7-25-12-18-29(19-13-25)39-33(36,37)28-20-31(34)30(22-38)32(35)21-28/h12-13,18-21,23-24,26-27H,2-11,14-17H2,1H3. The van der Waals surface area contributed by atoms with Crippen LogP contribution in [-0.2, 0) is 12.5 Å². The van der Waals surface area contributed by atoms with Crippen molar-refractivity contribution in [3.8, 4) is 11.8 Å². The van der Waals surface area contributed by atoms with Gasteiger partial charge in [-0.2, -0.15) is 14.0 Å². The van der Waals surface area contributed by atoms with Crippen LogP contribution < -0.4 is 4.74 Å². The highest BCUT2D eigenvalue weighted by molar-refractivity contribution is 5.37. The number of benzene rings is 2. The second-order valence-electron chi connectivity index (χ2n) is 11.8. The number of nitrogens with zero attached hydrogens (tertiary/aromatic N) is 1. The topological polar surface area (TPSA) is 33.0 Å². The highest BCUT2D eigenvalue weighted by Gasteiger charge is 2.36. The molecule has 2 aromatic carbocycles. The highest BCUT2D eigenvalue weighted by atomic mass is 19.3. The van der Waals surface area contributed by atoms with Crippen LogP contribution in [0.25, 0.3) is 0 Å². The molecule has 0 N–H and O–H groups in total. The van der Waals surface area contributed by atoms with Gasteiger partial charge in [0.25, 0.3) is 0 Å². The van der Waals surface area contributed by atoms with E-state index in [-0.39, 0.29) is 5.75 Å². The fourth-order valence-corrected chi connectivity index (χ4v) is 6.73. The van der Waals surface area contributed by atoms with Crippen LogP contribution in [0.15, 0.2) is 36.4 Å². The average molecular weight is 544 g/mol. The Labute approximate surface area is 230 Å². The molecule has 4 rings (SSSR count). The van der Waals surface area contributed by atoms with Gasteiger partial charge in [0, 0.05) is 0 Å². The Morgan fingerprint density at radius 3 is 1.87 bits per heavy atom. The van der Waals surface area contributed by atoms with Gasteiger partial charge in [0.1, 0.15) is 29.0 Å². The summed E-state index contributed by atoms with van der Waals surface area (Å²) in [5.41, 5.74) is -0.812. The molecule has 0 radical (unpaired) electrons. The lowest BCUT2D eigenvalue weighted by atomic mass is 9.68. The molecule has 2 nitrogen and oxygen atoms in total. The maximum Gasteiger partial charge on any atom is 0.426 e. The molecule has 0 aromatic heterocycles. The molecule has 0 spiro atoms. The van der Waals surface area contributed by atoms with Crippen molar-refractivity contribution >= 4 is 0 Å². The minimum atomic E-state index is -3.94. The summed E-state index contributed by atoms with van der Waals surface area (Å²) in [7, 11) is 0. The summed E-state index contributed by atoms with van der Waals surface area (Å²) in [6.45, 7) is 2.28. The van der Waals surface area contributed by atoms with Crippen molar-refractivity contribution in [2.24, 2.45) is 23.7 Å². The van der Waals surface area contributed by atoms with Gasteiger partial charge in [-0.15, -0.1) is 0 Å². The Morgan fingerprint density at radius 1 is 0.821 bits per heavy atom. The third-order valence-electron chi connectivity index (χ3n) is 9.17. The summed E-state index contributed by atoms with van der Waals surface area (Å²) in [5.74, 6) is 0.734. The average Bonchev–Trinajstić information content (AvgIpc) is 2.93. The molecule has 0 unspecified atom stereocenters. The van der Waals surface area contributed by atoms with E-state index in [1.54, 1.807) is 12.1 Å². The third kappa shape index (κ3) is 7.99. The molecule has 2 aliphatic rings. The number of halogens is 4. The van der Waals surface area contributed by atoms with E-state index in [9.17, 15) is 17.6 Å². The quantitative estimate of drug-likeness (QED) is 0.209. The number of hydrogen-bond acceptors (Lipinski definition) is 2. The van der Waals surface area contributed by atoms with Crippen molar-refractivity contribution in [2.75, 3.05) is 0 Å². The molecule has 39 heavy (non-hydrogen) atoms. The summed E-state index contributed by atoms with van der Waals surface area (Å²) >= 11 is 0. The van der Waals surface area contributed by atoms with Crippen LogP contribution in [0.2, 0.25) is 0 Å². The van der Waals surface area contributed by atoms with Gasteiger partial charge in [-0.3, -0.25) is 0 Å². The molecule has 2 aliphatic carbocycles. The predicted octanol–water partition coefficient (Wildman–Crippen LogP) is 10.1. The van der Waals surface area contributed by atoms with Crippen molar-refractivity contribution in [1.29, 1.82) is 5.26 Å². The van der Waals surface area contributed by atoms with Gasteiger partial charge in [-0.25, -0.2) is 8.78 Å². The molecule has 0 atom stereocenters. The van der Waals surface area contributed by atoms with E-state index >= 15 is 0 Å². The minimum Gasteiger partial charge on any atom is -0.429 e. The zero-order chi connectivity index (χ0) is 27.8. The van der Waals surface area contributed by atoms with Gasteiger partial charge in [-0.1, -0.05) is 70.4 Å². The molecular formula is C33H41F4NO. The Kier molecular flexibility index (Phi) is 10.3. The Bertz CT molecular complexity index is 1070. The van der Waals surface area contributed by atoms with Crippen molar-refractivity contribution in [2.45, 2.75) is 103 Å². The summed E-state index contributed by atoms with van der Waals surface area (Å²) in [6, 6.07) is 8.68. The Morgan fingerprint density at radius 2 is 1.36 bits per heavy atom. The lowest BCUT2D eigenvalue weighted by Gasteiger charge is -2.38. The van der Waals surface area contributed by atoms with E-state index in [0.717, 1.165) is 36.2 Å². The van der Waals surface area contributed by atoms with Crippen molar-refractivity contribution in [1.82, 2.24) is 0 Å². The number of nitriles is 1. The van der Waals surface area contributed by atoms with E-state index < -0.39 is 28.9 Å². The zero-order valence-corrected chi connectivity index (χ0v) is 23.0. The highest BCUT2D eigenvalue weighted by Crippen LogP contribution is 2.43.